The van der Waals surface area contributed by atoms with E-state index in [-0.39, 0.29) is 30.1 Å². The van der Waals surface area contributed by atoms with Gasteiger partial charge in [0.25, 0.3) is 5.91 Å². The number of hydrogen-bond donors (Lipinski definition) is 1. The van der Waals surface area contributed by atoms with Crippen LogP contribution in [0.5, 0.6) is 5.75 Å². The Morgan fingerprint density at radius 2 is 1.94 bits per heavy atom. The summed E-state index contributed by atoms with van der Waals surface area (Å²) in [6, 6.07) is 8.77. The first-order chi connectivity index (χ1) is 15.5. The monoisotopic (exact) mass is 458 g/mol. The molecule has 166 valence electrons. The lowest BCUT2D eigenvalue weighted by Crippen LogP contribution is -2.46. The molecule has 2 amide bonds. The van der Waals surface area contributed by atoms with E-state index in [9.17, 15) is 14.0 Å². The number of benzene rings is 1. The zero-order chi connectivity index (χ0) is 22.5. The largest absolute Gasteiger partial charge is 0.489 e. The second kappa shape index (κ2) is 9.78. The fourth-order valence-corrected chi connectivity index (χ4v) is 3.53. The smallest absolute Gasteiger partial charge is 0.273 e. The fraction of sp³-hybridized carbons (Fsp3) is 0.273. The van der Waals surface area contributed by atoms with Crippen molar-refractivity contribution in [2.45, 2.75) is 18.9 Å². The van der Waals surface area contributed by atoms with E-state index in [0.717, 1.165) is 0 Å². The molecule has 0 radical (unpaired) electrons. The molecule has 10 heteroatoms. The summed E-state index contributed by atoms with van der Waals surface area (Å²) in [7, 11) is 0. The minimum atomic E-state index is -0.526. The second-order valence-electron chi connectivity index (χ2n) is 7.30. The fourth-order valence-electron chi connectivity index (χ4n) is 3.36. The Hall–Kier alpha value is -3.46. The molecule has 0 unspecified atom stereocenters. The molecule has 0 aliphatic carbocycles. The van der Waals surface area contributed by atoms with Crippen LogP contribution < -0.4 is 10.1 Å². The first-order valence-corrected chi connectivity index (χ1v) is 10.4. The highest BCUT2D eigenvalue weighted by Crippen LogP contribution is 2.22. The minimum Gasteiger partial charge on any atom is -0.489 e. The Morgan fingerprint density at radius 1 is 1.19 bits per heavy atom. The van der Waals surface area contributed by atoms with Crippen LogP contribution in [0, 0.1) is 5.82 Å². The third-order valence-corrected chi connectivity index (χ3v) is 5.26. The summed E-state index contributed by atoms with van der Waals surface area (Å²) in [5, 5.41) is 6.79. The van der Waals surface area contributed by atoms with Crippen LogP contribution in [-0.4, -0.2) is 52.6 Å². The van der Waals surface area contributed by atoms with Gasteiger partial charge in [-0.2, -0.15) is 0 Å². The van der Waals surface area contributed by atoms with Crippen molar-refractivity contribution >= 4 is 23.4 Å². The number of pyridine rings is 1. The van der Waals surface area contributed by atoms with Gasteiger partial charge in [-0.1, -0.05) is 16.8 Å². The van der Waals surface area contributed by atoms with Gasteiger partial charge in [0.15, 0.2) is 11.5 Å². The summed E-state index contributed by atoms with van der Waals surface area (Å²) in [5.74, 6) is -0.159. The molecule has 1 aliphatic rings. The van der Waals surface area contributed by atoms with Gasteiger partial charge in [0.1, 0.15) is 17.7 Å². The number of halogens is 2. The lowest BCUT2D eigenvalue weighted by Gasteiger charge is -2.32. The van der Waals surface area contributed by atoms with Crippen LogP contribution in [0.4, 0.5) is 4.39 Å². The third-order valence-electron chi connectivity index (χ3n) is 5.05. The number of carbonyl (C=O) groups excluding carboxylic acids is 2. The van der Waals surface area contributed by atoms with Gasteiger partial charge in [0.2, 0.25) is 5.91 Å². The molecule has 3 aromatic rings. The van der Waals surface area contributed by atoms with Crippen molar-refractivity contribution in [3.8, 4) is 17.1 Å². The molecule has 3 heterocycles. The number of ether oxygens (including phenoxy) is 1. The number of nitrogens with one attached hydrogen (secondary N) is 1. The van der Waals surface area contributed by atoms with Crippen LogP contribution in [0.1, 0.15) is 23.3 Å². The van der Waals surface area contributed by atoms with E-state index in [1.54, 1.807) is 17.2 Å². The van der Waals surface area contributed by atoms with Gasteiger partial charge < -0.3 is 19.5 Å². The van der Waals surface area contributed by atoms with Gasteiger partial charge in [-0.25, -0.2) is 4.39 Å². The molecule has 0 spiro atoms. The molecule has 1 aliphatic heterocycles. The predicted octanol–water partition coefficient (Wildman–Crippen LogP) is 3.33. The highest BCUT2D eigenvalue weighted by atomic mass is 35.5. The Balaban J connectivity index is 1.24. The van der Waals surface area contributed by atoms with Gasteiger partial charge in [0, 0.05) is 49.8 Å². The van der Waals surface area contributed by atoms with Crippen molar-refractivity contribution in [1.82, 2.24) is 20.4 Å². The summed E-state index contributed by atoms with van der Waals surface area (Å²) in [5.41, 5.74) is 0.632. The first-order valence-electron chi connectivity index (χ1n) is 10.0. The summed E-state index contributed by atoms with van der Waals surface area (Å²) in [4.78, 5) is 30.5. The number of carbonyl (C=O) groups is 2. The normalized spacial score (nSPS) is 14.2. The number of hydrogen-bond acceptors (Lipinski definition) is 6. The molecule has 1 saturated heterocycles. The minimum absolute atomic E-state index is 0.0334. The molecule has 0 atom stereocenters. The molecular formula is C22H20ClFN4O4. The van der Waals surface area contributed by atoms with Crippen molar-refractivity contribution in [3.05, 3.63) is 65.3 Å². The van der Waals surface area contributed by atoms with Crippen molar-refractivity contribution in [1.29, 1.82) is 0 Å². The topological polar surface area (TPSA) is 97.6 Å². The SMILES string of the molecule is O=C(NCC(=O)N1CCC(Oc2cncc(Cl)c2)CC1)c1cc(-c2ccc(F)cc2)on1. The Kier molecular flexibility index (Phi) is 6.65. The van der Waals surface area contributed by atoms with Crippen LogP contribution >= 0.6 is 11.6 Å². The first kappa shape index (κ1) is 21.8. The Labute approximate surface area is 188 Å². The quantitative estimate of drug-likeness (QED) is 0.608. The number of piperidine rings is 1. The molecule has 32 heavy (non-hydrogen) atoms. The Bertz CT molecular complexity index is 1100. The molecule has 0 bridgehead atoms. The number of aromatic nitrogens is 2. The van der Waals surface area contributed by atoms with Crippen LogP contribution in [0.2, 0.25) is 5.02 Å². The van der Waals surface area contributed by atoms with Crippen molar-refractivity contribution in [2.24, 2.45) is 0 Å². The summed E-state index contributed by atoms with van der Waals surface area (Å²) >= 11 is 5.92. The average molecular weight is 459 g/mol. The van der Waals surface area contributed by atoms with Gasteiger partial charge in [-0.05, 0) is 24.3 Å². The zero-order valence-corrected chi connectivity index (χ0v) is 17.7. The summed E-state index contributed by atoms with van der Waals surface area (Å²) in [6.45, 7) is 0.888. The van der Waals surface area contributed by atoms with Crippen LogP contribution in [0.15, 0.2) is 53.3 Å². The summed E-state index contributed by atoms with van der Waals surface area (Å²) in [6.07, 6.45) is 4.43. The molecule has 1 aromatic carbocycles. The van der Waals surface area contributed by atoms with Crippen LogP contribution in [0.25, 0.3) is 11.3 Å². The maximum Gasteiger partial charge on any atom is 0.273 e. The van der Waals surface area contributed by atoms with E-state index in [4.69, 9.17) is 20.9 Å². The van der Waals surface area contributed by atoms with Crippen LogP contribution in [-0.2, 0) is 4.79 Å². The maximum absolute atomic E-state index is 13.0. The highest BCUT2D eigenvalue weighted by Gasteiger charge is 2.24. The van der Waals surface area contributed by atoms with Crippen molar-refractivity contribution < 1.29 is 23.2 Å². The van der Waals surface area contributed by atoms with Gasteiger partial charge >= 0.3 is 0 Å². The third kappa shape index (κ3) is 5.42. The molecule has 8 nitrogen and oxygen atoms in total. The average Bonchev–Trinajstić information content (AvgIpc) is 3.29. The van der Waals surface area contributed by atoms with E-state index in [2.05, 4.69) is 15.5 Å². The molecular weight excluding hydrogens is 439 g/mol. The van der Waals surface area contributed by atoms with Crippen LogP contribution in [0.3, 0.4) is 0 Å². The molecule has 2 aromatic heterocycles. The molecule has 1 N–H and O–H groups in total. The van der Waals surface area contributed by atoms with E-state index >= 15 is 0 Å². The predicted molar refractivity (Wildman–Crippen MR) is 114 cm³/mol. The number of rotatable bonds is 6. The number of amides is 2. The van der Waals surface area contributed by atoms with Gasteiger partial charge in [-0.15, -0.1) is 0 Å². The summed E-state index contributed by atoms with van der Waals surface area (Å²) < 4.78 is 24.1. The van der Waals surface area contributed by atoms with E-state index < -0.39 is 5.91 Å². The van der Waals surface area contributed by atoms with Crippen molar-refractivity contribution in [2.75, 3.05) is 19.6 Å². The number of likely N-dealkylation sites (tertiary alicyclic amines) is 1. The van der Waals surface area contributed by atoms with Crippen molar-refractivity contribution in [3.63, 3.8) is 0 Å². The van der Waals surface area contributed by atoms with E-state index in [1.807, 2.05) is 0 Å². The highest BCUT2D eigenvalue weighted by molar-refractivity contribution is 6.30. The Morgan fingerprint density at radius 3 is 2.66 bits per heavy atom. The standard InChI is InChI=1S/C22H20ClFN4O4/c23-15-9-18(12-25-11-15)31-17-5-7-28(8-6-17)21(29)13-26-22(30)19-10-20(32-27-19)14-1-3-16(24)4-2-14/h1-4,9-12,17H,5-8,13H2,(H,26,30). The molecule has 1 fully saturated rings. The van der Waals surface area contributed by atoms with Gasteiger partial charge in [-0.3, -0.25) is 14.6 Å². The molecule has 4 rings (SSSR count). The van der Waals surface area contributed by atoms with Gasteiger partial charge in [0.05, 0.1) is 17.8 Å². The van der Waals surface area contributed by atoms with E-state index in [0.29, 0.717) is 48.0 Å². The number of nitrogens with zero attached hydrogens (tertiary/aromatic N) is 3. The maximum atomic E-state index is 13.0. The second-order valence-corrected chi connectivity index (χ2v) is 7.74. The molecule has 0 saturated carbocycles. The van der Waals surface area contributed by atoms with E-state index in [1.165, 1.54) is 36.5 Å². The lowest BCUT2D eigenvalue weighted by molar-refractivity contribution is -0.131. The zero-order valence-electron chi connectivity index (χ0n) is 17.0. The lowest BCUT2D eigenvalue weighted by atomic mass is 10.1.